The van der Waals surface area contributed by atoms with E-state index in [0.29, 0.717) is 0 Å². The van der Waals surface area contributed by atoms with Crippen molar-refractivity contribution in [3.05, 3.63) is 95.3 Å². The molecule has 3 rings (SSSR count). The first-order valence-corrected chi connectivity index (χ1v) is 9.37. The van der Waals surface area contributed by atoms with E-state index in [1.54, 1.807) is 25.1 Å². The van der Waals surface area contributed by atoms with Crippen LogP contribution < -0.4 is 15.4 Å². The number of amides is 2. The number of hydrogen-bond donors (Lipinski definition) is 2. The molecule has 0 aliphatic rings. The molecule has 0 fully saturated rings. The number of carbonyl (C=O) groups excluding carboxylic acids is 2. The molecular weight excluding hydrogens is 409 g/mol. The first-order chi connectivity index (χ1) is 14.8. The van der Waals surface area contributed by atoms with Crippen LogP contribution in [-0.2, 0) is 4.79 Å². The van der Waals surface area contributed by atoms with Gasteiger partial charge >= 0.3 is 0 Å². The van der Waals surface area contributed by atoms with Gasteiger partial charge in [0, 0.05) is 11.6 Å². The van der Waals surface area contributed by atoms with Crippen molar-refractivity contribution in [2.75, 3.05) is 11.9 Å². The van der Waals surface area contributed by atoms with E-state index in [4.69, 9.17) is 4.74 Å². The first kappa shape index (κ1) is 21.9. The number of anilines is 1. The van der Waals surface area contributed by atoms with Gasteiger partial charge in [-0.15, -0.1) is 0 Å². The van der Waals surface area contributed by atoms with E-state index in [0.717, 1.165) is 12.1 Å². The number of carbonyl (C=O) groups is 2. The Morgan fingerprint density at radius 2 is 1.65 bits per heavy atom. The average molecular weight is 428 g/mol. The molecule has 5 nitrogen and oxygen atoms in total. The lowest BCUT2D eigenvalue weighted by atomic mass is 10.1. The molecule has 0 aliphatic carbocycles. The number of ether oxygens (including phenoxy) is 1. The van der Waals surface area contributed by atoms with Crippen LogP contribution in [0.4, 0.5) is 18.9 Å². The minimum absolute atomic E-state index is 0.0114. The summed E-state index contributed by atoms with van der Waals surface area (Å²) in [7, 11) is 0. The number of halogens is 3. The molecule has 0 saturated heterocycles. The zero-order chi connectivity index (χ0) is 22.4. The predicted octanol–water partition coefficient (Wildman–Crippen LogP) is 4.61. The van der Waals surface area contributed by atoms with Gasteiger partial charge in [0.1, 0.15) is 23.2 Å². The van der Waals surface area contributed by atoms with Crippen molar-refractivity contribution in [3.8, 4) is 5.75 Å². The highest BCUT2D eigenvalue weighted by Gasteiger charge is 2.18. The van der Waals surface area contributed by atoms with E-state index in [1.165, 1.54) is 36.4 Å². The molecule has 0 saturated carbocycles. The summed E-state index contributed by atoms with van der Waals surface area (Å²) < 4.78 is 46.1. The maximum atomic E-state index is 14.0. The van der Waals surface area contributed by atoms with E-state index in [-0.39, 0.29) is 22.6 Å². The molecule has 0 heterocycles. The Morgan fingerprint density at radius 1 is 0.935 bits per heavy atom. The van der Waals surface area contributed by atoms with Gasteiger partial charge in [0.2, 0.25) is 0 Å². The van der Waals surface area contributed by atoms with Crippen LogP contribution in [0.1, 0.15) is 28.9 Å². The molecule has 1 unspecified atom stereocenters. The summed E-state index contributed by atoms with van der Waals surface area (Å²) in [6, 6.07) is 14.2. The van der Waals surface area contributed by atoms with Gasteiger partial charge in [-0.2, -0.15) is 0 Å². The molecule has 3 aromatic rings. The monoisotopic (exact) mass is 428 g/mol. The van der Waals surface area contributed by atoms with Gasteiger partial charge in [0.05, 0.1) is 17.3 Å². The molecular formula is C23H19F3N2O3. The highest BCUT2D eigenvalue weighted by atomic mass is 19.1. The second-order valence-corrected chi connectivity index (χ2v) is 6.67. The van der Waals surface area contributed by atoms with Gasteiger partial charge in [-0.05, 0) is 37.3 Å². The average Bonchev–Trinajstić information content (AvgIpc) is 2.74. The first-order valence-electron chi connectivity index (χ1n) is 9.37. The minimum Gasteiger partial charge on any atom is -0.483 e. The van der Waals surface area contributed by atoms with Gasteiger partial charge in [-0.1, -0.05) is 30.3 Å². The highest BCUT2D eigenvalue weighted by Crippen LogP contribution is 2.22. The minimum atomic E-state index is -0.776. The van der Waals surface area contributed by atoms with Crippen molar-refractivity contribution in [1.29, 1.82) is 0 Å². The van der Waals surface area contributed by atoms with Gasteiger partial charge in [0.25, 0.3) is 11.8 Å². The summed E-state index contributed by atoms with van der Waals surface area (Å²) in [6.45, 7) is 1.10. The molecule has 0 spiro atoms. The third-order valence-corrected chi connectivity index (χ3v) is 4.42. The Hall–Kier alpha value is -3.81. The zero-order valence-corrected chi connectivity index (χ0v) is 16.5. The topological polar surface area (TPSA) is 67.4 Å². The lowest BCUT2D eigenvalue weighted by Gasteiger charge is -2.17. The summed E-state index contributed by atoms with van der Waals surface area (Å²) in [5.74, 6) is -3.13. The van der Waals surface area contributed by atoms with Crippen LogP contribution in [0.5, 0.6) is 5.75 Å². The zero-order valence-electron chi connectivity index (χ0n) is 16.5. The van der Waals surface area contributed by atoms with E-state index in [9.17, 15) is 22.8 Å². The number of hydrogen-bond acceptors (Lipinski definition) is 3. The van der Waals surface area contributed by atoms with E-state index in [1.807, 2.05) is 0 Å². The van der Waals surface area contributed by atoms with Crippen LogP contribution in [-0.4, -0.2) is 18.4 Å². The van der Waals surface area contributed by atoms with Gasteiger partial charge in [-0.3, -0.25) is 9.59 Å². The number of nitrogens with one attached hydrogen (secondary N) is 2. The Morgan fingerprint density at radius 3 is 2.39 bits per heavy atom. The molecule has 0 bridgehead atoms. The fourth-order valence-electron chi connectivity index (χ4n) is 2.88. The Balaban J connectivity index is 1.66. The van der Waals surface area contributed by atoms with E-state index >= 15 is 0 Å². The van der Waals surface area contributed by atoms with Gasteiger partial charge < -0.3 is 15.4 Å². The highest BCUT2D eigenvalue weighted by molar-refractivity contribution is 5.97. The second-order valence-electron chi connectivity index (χ2n) is 6.67. The maximum absolute atomic E-state index is 14.0. The molecule has 2 N–H and O–H groups in total. The number of rotatable bonds is 7. The smallest absolute Gasteiger partial charge is 0.262 e. The Kier molecular flexibility index (Phi) is 6.92. The number of para-hydroxylation sites is 2. The van der Waals surface area contributed by atoms with Crippen LogP contribution in [0.15, 0.2) is 66.7 Å². The summed E-state index contributed by atoms with van der Waals surface area (Å²) >= 11 is 0. The Bertz CT molecular complexity index is 1100. The van der Waals surface area contributed by atoms with Crippen molar-refractivity contribution < 1.29 is 27.5 Å². The van der Waals surface area contributed by atoms with Gasteiger partial charge in [0.15, 0.2) is 6.61 Å². The maximum Gasteiger partial charge on any atom is 0.262 e. The van der Waals surface area contributed by atoms with Crippen molar-refractivity contribution in [2.45, 2.75) is 13.0 Å². The molecule has 1 atom stereocenters. The summed E-state index contributed by atoms with van der Waals surface area (Å²) in [4.78, 5) is 24.7. The molecule has 2 amide bonds. The van der Waals surface area contributed by atoms with Crippen molar-refractivity contribution in [1.82, 2.24) is 5.32 Å². The fraction of sp³-hybridized carbons (Fsp3) is 0.130. The number of benzene rings is 3. The van der Waals surface area contributed by atoms with Crippen molar-refractivity contribution >= 4 is 17.5 Å². The molecule has 160 valence electrons. The molecule has 0 radical (unpaired) electrons. The van der Waals surface area contributed by atoms with Crippen LogP contribution in [0.25, 0.3) is 0 Å². The van der Waals surface area contributed by atoms with Crippen LogP contribution >= 0.6 is 0 Å². The standard InChI is InChI=1S/C23H19F3N2O3/c1-14(16-11-10-15(24)12-19(16)26)27-23(30)17-6-2-5-9-21(17)31-13-22(29)28-20-8-4-3-7-18(20)25/h2-12,14H,13H2,1H3,(H,27,30)(H,28,29). The quantitative estimate of drug-likeness (QED) is 0.578. The SMILES string of the molecule is CC(NC(=O)c1ccccc1OCC(=O)Nc1ccccc1F)c1ccc(F)cc1F. The Labute approximate surface area is 176 Å². The largest absolute Gasteiger partial charge is 0.483 e. The normalized spacial score (nSPS) is 11.5. The van der Waals surface area contributed by atoms with Crippen LogP contribution in [0, 0.1) is 17.5 Å². The van der Waals surface area contributed by atoms with Crippen LogP contribution in [0.2, 0.25) is 0 Å². The fourth-order valence-corrected chi connectivity index (χ4v) is 2.88. The third-order valence-electron chi connectivity index (χ3n) is 4.42. The third kappa shape index (κ3) is 5.63. The van der Waals surface area contributed by atoms with E-state index in [2.05, 4.69) is 10.6 Å². The summed E-state index contributed by atoms with van der Waals surface area (Å²) in [5.41, 5.74) is 0.255. The van der Waals surface area contributed by atoms with Crippen molar-refractivity contribution in [3.63, 3.8) is 0 Å². The lowest BCUT2D eigenvalue weighted by molar-refractivity contribution is -0.118. The summed E-state index contributed by atoms with van der Waals surface area (Å²) in [5, 5.41) is 5.00. The lowest BCUT2D eigenvalue weighted by Crippen LogP contribution is -2.28. The molecule has 0 aliphatic heterocycles. The molecule has 31 heavy (non-hydrogen) atoms. The predicted molar refractivity (Wildman–Crippen MR) is 109 cm³/mol. The molecule has 0 aromatic heterocycles. The van der Waals surface area contributed by atoms with Crippen LogP contribution in [0.3, 0.4) is 0 Å². The van der Waals surface area contributed by atoms with E-state index < -0.39 is 41.9 Å². The molecule has 3 aromatic carbocycles. The molecule has 8 heteroatoms. The van der Waals surface area contributed by atoms with Crippen molar-refractivity contribution in [2.24, 2.45) is 0 Å². The second kappa shape index (κ2) is 9.80. The summed E-state index contributed by atoms with van der Waals surface area (Å²) in [6.07, 6.45) is 0. The van der Waals surface area contributed by atoms with Gasteiger partial charge in [-0.25, -0.2) is 13.2 Å².